The Hall–Kier alpha value is -2.04. The molecule has 0 aliphatic rings. The maximum Gasteiger partial charge on any atom is 0.461 e. The zero-order valence-electron chi connectivity index (χ0n) is 11.2. The average molecular weight is 356 g/mol. The minimum absolute atomic E-state index is 0.145. The Morgan fingerprint density at radius 1 is 1.17 bits per heavy atom. The van der Waals surface area contributed by atoms with Crippen molar-refractivity contribution < 1.29 is 31.7 Å². The number of alkyl halides is 5. The molecule has 126 valence electrons. The Morgan fingerprint density at radius 3 is 2.13 bits per heavy atom. The summed E-state index contributed by atoms with van der Waals surface area (Å²) in [6.07, 6.45) is -6.11. The fourth-order valence-corrected chi connectivity index (χ4v) is 2.13. The van der Waals surface area contributed by atoms with E-state index in [1.165, 1.54) is 12.1 Å². The molecule has 1 aromatic rings. The summed E-state index contributed by atoms with van der Waals surface area (Å²) in [5.41, 5.74) is 0.232. The van der Waals surface area contributed by atoms with E-state index in [9.17, 15) is 36.9 Å². The highest BCUT2D eigenvalue weighted by Gasteiger charge is 2.62. The summed E-state index contributed by atoms with van der Waals surface area (Å²) >= 11 is 0.253. The molecule has 23 heavy (non-hydrogen) atoms. The number of carbonyl (C=O) groups is 1. The molecule has 11 heteroatoms. The van der Waals surface area contributed by atoms with Gasteiger partial charge in [0, 0.05) is 18.6 Å². The zero-order valence-corrected chi connectivity index (χ0v) is 12.0. The van der Waals surface area contributed by atoms with Crippen molar-refractivity contribution in [2.75, 3.05) is 5.75 Å². The largest absolute Gasteiger partial charge is 0.461 e. The molecule has 1 rings (SSSR count). The first-order valence-electron chi connectivity index (χ1n) is 5.86. The predicted octanol–water partition coefficient (Wildman–Crippen LogP) is 3.61. The van der Waals surface area contributed by atoms with Crippen molar-refractivity contribution in [3.63, 3.8) is 0 Å². The Kier molecular flexibility index (Phi) is 5.81. The number of rotatable bonds is 6. The van der Waals surface area contributed by atoms with Gasteiger partial charge in [0.05, 0.1) is 15.7 Å². The third-order valence-corrected chi connectivity index (χ3v) is 3.49. The van der Waals surface area contributed by atoms with E-state index in [1.54, 1.807) is 0 Å². The standard InChI is InChI=1S/C12H9F5N2O3S/c13-11(14,12(15,16)17)9(20)6-23-10(18)5-7-1-3-8(4-2-7)19(21)22/h1-4,18H,5-6H2. The summed E-state index contributed by atoms with van der Waals surface area (Å²) in [7, 11) is 0. The van der Waals surface area contributed by atoms with Crippen molar-refractivity contribution in [1.29, 1.82) is 5.41 Å². The average Bonchev–Trinajstić information content (AvgIpc) is 2.44. The maximum atomic E-state index is 12.7. The van der Waals surface area contributed by atoms with Gasteiger partial charge in [-0.05, 0) is 5.56 Å². The van der Waals surface area contributed by atoms with Crippen LogP contribution in [-0.4, -0.2) is 33.6 Å². The highest BCUT2D eigenvalue weighted by atomic mass is 32.2. The van der Waals surface area contributed by atoms with Crippen LogP contribution in [0.3, 0.4) is 0 Å². The van der Waals surface area contributed by atoms with Gasteiger partial charge in [-0.25, -0.2) is 0 Å². The van der Waals surface area contributed by atoms with Crippen LogP contribution >= 0.6 is 11.8 Å². The van der Waals surface area contributed by atoms with E-state index in [0.29, 0.717) is 5.56 Å². The molecule has 0 amide bonds. The van der Waals surface area contributed by atoms with Crippen LogP contribution < -0.4 is 0 Å². The van der Waals surface area contributed by atoms with Crippen molar-refractivity contribution >= 4 is 28.3 Å². The monoisotopic (exact) mass is 356 g/mol. The second-order valence-corrected chi connectivity index (χ2v) is 5.38. The molecule has 0 aliphatic heterocycles. The number of nitro groups is 1. The van der Waals surface area contributed by atoms with Crippen molar-refractivity contribution in [2.24, 2.45) is 0 Å². The Bertz CT molecular complexity index is 616. The number of nitrogens with one attached hydrogen (secondary N) is 1. The van der Waals surface area contributed by atoms with Crippen LogP contribution in [0.5, 0.6) is 0 Å². The van der Waals surface area contributed by atoms with Gasteiger partial charge in [0.2, 0.25) is 5.78 Å². The summed E-state index contributed by atoms with van der Waals surface area (Å²) in [6.45, 7) is 0. The highest BCUT2D eigenvalue weighted by molar-refractivity contribution is 8.14. The van der Waals surface area contributed by atoms with Crippen molar-refractivity contribution in [3.05, 3.63) is 39.9 Å². The lowest BCUT2D eigenvalue weighted by Gasteiger charge is -2.17. The molecule has 0 unspecified atom stereocenters. The number of non-ortho nitro benzene ring substituents is 1. The van der Waals surface area contributed by atoms with Crippen LogP contribution in [0, 0.1) is 15.5 Å². The number of Topliss-reactive ketones (excluding diaryl/α,β-unsaturated/α-hetero) is 1. The number of thioether (sulfide) groups is 1. The first-order valence-corrected chi connectivity index (χ1v) is 6.85. The van der Waals surface area contributed by atoms with E-state index in [4.69, 9.17) is 5.41 Å². The number of halogens is 5. The van der Waals surface area contributed by atoms with Crippen LogP contribution in [0.15, 0.2) is 24.3 Å². The van der Waals surface area contributed by atoms with E-state index in [2.05, 4.69) is 0 Å². The molecule has 1 N–H and O–H groups in total. The van der Waals surface area contributed by atoms with Crippen LogP contribution in [0.2, 0.25) is 0 Å². The molecule has 0 saturated carbocycles. The topological polar surface area (TPSA) is 84.1 Å². The zero-order chi connectivity index (χ0) is 17.8. The second-order valence-electron chi connectivity index (χ2n) is 4.31. The number of ketones is 1. The highest BCUT2D eigenvalue weighted by Crippen LogP contribution is 2.36. The normalized spacial score (nSPS) is 12.0. The molecule has 0 fully saturated rings. The molecule has 0 saturated heterocycles. The quantitative estimate of drug-likeness (QED) is 0.277. The van der Waals surface area contributed by atoms with Crippen molar-refractivity contribution in [3.8, 4) is 0 Å². The molecule has 0 aromatic heterocycles. The number of benzene rings is 1. The Balaban J connectivity index is 2.58. The third-order valence-electron chi connectivity index (χ3n) is 2.60. The lowest BCUT2D eigenvalue weighted by atomic mass is 10.1. The molecule has 0 radical (unpaired) electrons. The lowest BCUT2D eigenvalue weighted by molar-refractivity contribution is -0.384. The molecule has 5 nitrogen and oxygen atoms in total. The smallest absolute Gasteiger partial charge is 0.298 e. The van der Waals surface area contributed by atoms with Crippen molar-refractivity contribution in [1.82, 2.24) is 0 Å². The van der Waals surface area contributed by atoms with E-state index >= 15 is 0 Å². The van der Waals surface area contributed by atoms with E-state index in [-0.39, 0.29) is 28.9 Å². The summed E-state index contributed by atoms with van der Waals surface area (Å²) in [4.78, 5) is 20.7. The number of nitro benzene ring substituents is 1. The van der Waals surface area contributed by atoms with Gasteiger partial charge in [-0.3, -0.25) is 20.3 Å². The van der Waals surface area contributed by atoms with Crippen LogP contribution in [-0.2, 0) is 11.2 Å². The number of hydrogen-bond donors (Lipinski definition) is 1. The van der Waals surface area contributed by atoms with E-state index in [0.717, 1.165) is 12.1 Å². The van der Waals surface area contributed by atoms with Gasteiger partial charge in [-0.15, -0.1) is 11.8 Å². The van der Waals surface area contributed by atoms with Gasteiger partial charge >= 0.3 is 12.1 Å². The van der Waals surface area contributed by atoms with E-state index in [1.807, 2.05) is 0 Å². The maximum absolute atomic E-state index is 12.7. The summed E-state index contributed by atoms with van der Waals surface area (Å²) in [6, 6.07) is 4.96. The van der Waals surface area contributed by atoms with Crippen LogP contribution in [0.1, 0.15) is 5.56 Å². The molecule has 0 aliphatic carbocycles. The number of hydrogen-bond acceptors (Lipinski definition) is 5. The molecule has 1 aromatic carbocycles. The second kappa shape index (κ2) is 7.02. The minimum atomic E-state index is -5.97. The van der Waals surface area contributed by atoms with Crippen LogP contribution in [0.4, 0.5) is 27.6 Å². The van der Waals surface area contributed by atoms with Crippen molar-refractivity contribution in [2.45, 2.75) is 18.5 Å². The van der Waals surface area contributed by atoms with Crippen LogP contribution in [0.25, 0.3) is 0 Å². The predicted molar refractivity (Wildman–Crippen MR) is 73.0 cm³/mol. The van der Waals surface area contributed by atoms with Gasteiger partial charge in [-0.1, -0.05) is 12.1 Å². The SMILES string of the molecule is N=C(Cc1ccc([N+](=O)[O-])cc1)SCC(=O)C(F)(F)C(F)(F)F. The Morgan fingerprint density at radius 2 is 1.70 bits per heavy atom. The van der Waals surface area contributed by atoms with Gasteiger partial charge < -0.3 is 0 Å². The summed E-state index contributed by atoms with van der Waals surface area (Å²) in [5, 5.41) is 17.6. The first-order chi connectivity index (χ1) is 10.4. The minimum Gasteiger partial charge on any atom is -0.298 e. The van der Waals surface area contributed by atoms with Gasteiger partial charge in [0.15, 0.2) is 0 Å². The first kappa shape index (κ1) is 19.0. The third kappa shape index (κ3) is 4.98. The molecular weight excluding hydrogens is 347 g/mol. The van der Waals surface area contributed by atoms with Gasteiger partial charge in [0.25, 0.3) is 5.69 Å². The molecule has 0 heterocycles. The molecule has 0 bridgehead atoms. The van der Waals surface area contributed by atoms with Gasteiger partial charge in [-0.2, -0.15) is 22.0 Å². The fourth-order valence-electron chi connectivity index (χ4n) is 1.37. The summed E-state index contributed by atoms with van der Waals surface area (Å²) in [5.74, 6) is -8.98. The summed E-state index contributed by atoms with van der Waals surface area (Å²) < 4.78 is 61.3. The Labute approximate surface area is 130 Å². The lowest BCUT2D eigenvalue weighted by Crippen LogP contribution is -2.45. The molecule has 0 atom stereocenters. The number of nitrogens with zero attached hydrogens (tertiary/aromatic N) is 1. The fraction of sp³-hybridized carbons (Fsp3) is 0.333. The number of carbonyl (C=O) groups excluding carboxylic acids is 1. The van der Waals surface area contributed by atoms with E-state index < -0.39 is 28.6 Å². The molecular formula is C12H9F5N2O3S. The molecule has 0 spiro atoms. The van der Waals surface area contributed by atoms with Gasteiger partial charge in [0.1, 0.15) is 0 Å².